The largest absolute Gasteiger partial charge is 0.465 e. The number of fused-ring (bicyclic) bond motifs is 1. The van der Waals surface area contributed by atoms with E-state index < -0.39 is 6.10 Å². The number of nitrogens with zero attached hydrogens (tertiary/aromatic N) is 1. The van der Waals surface area contributed by atoms with Crippen molar-refractivity contribution < 1.29 is 24.2 Å². The minimum absolute atomic E-state index is 0.00439. The van der Waals surface area contributed by atoms with Gasteiger partial charge in [-0.15, -0.1) is 0 Å². The Morgan fingerprint density at radius 1 is 0.946 bits per heavy atom. The van der Waals surface area contributed by atoms with Gasteiger partial charge in [0.1, 0.15) is 0 Å². The highest BCUT2D eigenvalue weighted by atomic mass is 16.5. The maximum atomic E-state index is 12.7. The van der Waals surface area contributed by atoms with Crippen molar-refractivity contribution in [1.82, 2.24) is 10.2 Å². The maximum Gasteiger partial charge on any atom is 0.320 e. The fourth-order valence-electron chi connectivity index (χ4n) is 4.70. The van der Waals surface area contributed by atoms with Gasteiger partial charge in [0.2, 0.25) is 0 Å². The van der Waals surface area contributed by atoms with Gasteiger partial charge in [0, 0.05) is 19.0 Å². The lowest BCUT2D eigenvalue weighted by atomic mass is 10.0. The zero-order valence-corrected chi connectivity index (χ0v) is 22.2. The van der Waals surface area contributed by atoms with Crippen LogP contribution in [0.1, 0.15) is 62.3 Å². The van der Waals surface area contributed by atoms with Gasteiger partial charge < -0.3 is 19.9 Å². The lowest BCUT2D eigenvalue weighted by molar-refractivity contribution is -0.150. The molecule has 2 aromatic rings. The number of nitrogens with one attached hydrogen (secondary N) is 1. The number of benzene rings is 2. The van der Waals surface area contributed by atoms with E-state index in [1.807, 2.05) is 73.3 Å². The molecular weight excluding hydrogens is 468 g/mol. The molecule has 0 bridgehead atoms. The molecule has 3 atom stereocenters. The quantitative estimate of drug-likeness (QED) is 0.262. The number of unbranched alkanes of at least 4 members (excludes halogenated alkanes) is 2. The van der Waals surface area contributed by atoms with E-state index in [1.165, 1.54) is 0 Å². The Labute approximate surface area is 221 Å². The maximum absolute atomic E-state index is 12.7. The summed E-state index contributed by atoms with van der Waals surface area (Å²) in [6, 6.07) is 17.7. The van der Waals surface area contributed by atoms with E-state index in [2.05, 4.69) is 5.32 Å². The van der Waals surface area contributed by atoms with Gasteiger partial charge in [0.05, 0.1) is 38.4 Å². The second-order valence-electron chi connectivity index (χ2n) is 9.75. The third kappa shape index (κ3) is 9.26. The standard InChI is InChI=1S/C30H42N2O5/c1-3-5-16-36-28(34)21-32(22-29(35)37-17-6-4-2)25(18-23-12-8-7-9-13-23)20-31-30-26-15-11-10-14-24(26)19-27(30)33/h7-15,25,27,30-31,33H,3-6,16-22H2,1-2H3/t25-,27+,30+/m0/s1. The van der Waals surface area contributed by atoms with Gasteiger partial charge in [-0.3, -0.25) is 14.5 Å². The van der Waals surface area contributed by atoms with E-state index in [-0.39, 0.29) is 37.1 Å². The third-order valence-corrected chi connectivity index (χ3v) is 6.79. The Morgan fingerprint density at radius 3 is 2.16 bits per heavy atom. The molecule has 2 N–H and O–H groups in total. The second-order valence-corrected chi connectivity index (χ2v) is 9.75. The number of rotatable bonds is 16. The molecule has 202 valence electrons. The summed E-state index contributed by atoms with van der Waals surface area (Å²) in [7, 11) is 0. The Morgan fingerprint density at radius 2 is 1.54 bits per heavy atom. The normalized spacial score (nSPS) is 17.4. The third-order valence-electron chi connectivity index (χ3n) is 6.79. The molecule has 1 aliphatic carbocycles. The number of hydrogen-bond acceptors (Lipinski definition) is 7. The van der Waals surface area contributed by atoms with Gasteiger partial charge in [0.25, 0.3) is 0 Å². The topological polar surface area (TPSA) is 88.1 Å². The van der Waals surface area contributed by atoms with Crippen LogP contribution in [-0.2, 0) is 31.9 Å². The molecule has 0 aromatic heterocycles. The van der Waals surface area contributed by atoms with Crippen molar-refractivity contribution in [3.05, 3.63) is 71.3 Å². The molecule has 0 amide bonds. The molecule has 37 heavy (non-hydrogen) atoms. The number of aliphatic hydroxyl groups excluding tert-OH is 1. The van der Waals surface area contributed by atoms with Crippen molar-refractivity contribution in [3.63, 3.8) is 0 Å². The number of ether oxygens (including phenoxy) is 2. The minimum Gasteiger partial charge on any atom is -0.465 e. The van der Waals surface area contributed by atoms with E-state index in [0.29, 0.717) is 32.6 Å². The van der Waals surface area contributed by atoms with Crippen molar-refractivity contribution in [1.29, 1.82) is 0 Å². The molecule has 1 aliphatic rings. The highest BCUT2D eigenvalue weighted by Gasteiger charge is 2.32. The van der Waals surface area contributed by atoms with Crippen LogP contribution < -0.4 is 5.32 Å². The van der Waals surface area contributed by atoms with Crippen LogP contribution in [0.25, 0.3) is 0 Å². The van der Waals surface area contributed by atoms with Gasteiger partial charge in [-0.05, 0) is 36.0 Å². The highest BCUT2D eigenvalue weighted by Crippen LogP contribution is 2.31. The monoisotopic (exact) mass is 510 g/mol. The van der Waals surface area contributed by atoms with Crippen LogP contribution in [0, 0.1) is 0 Å². The van der Waals surface area contributed by atoms with E-state index >= 15 is 0 Å². The van der Waals surface area contributed by atoms with Crippen LogP contribution in [0.3, 0.4) is 0 Å². The molecule has 7 heteroatoms. The first-order valence-corrected chi connectivity index (χ1v) is 13.6. The van der Waals surface area contributed by atoms with Crippen molar-refractivity contribution in [2.45, 2.75) is 70.6 Å². The van der Waals surface area contributed by atoms with Gasteiger partial charge in [0.15, 0.2) is 0 Å². The van der Waals surface area contributed by atoms with Crippen molar-refractivity contribution in [2.75, 3.05) is 32.8 Å². The van der Waals surface area contributed by atoms with E-state index in [0.717, 1.165) is 42.4 Å². The van der Waals surface area contributed by atoms with Crippen LogP contribution in [0.4, 0.5) is 0 Å². The molecule has 0 saturated carbocycles. The Bertz CT molecular complexity index is 943. The SMILES string of the molecule is CCCCOC(=O)CN(CC(=O)OCCCC)[C@H](CN[C@@H]1c2ccccc2C[C@H]1O)Cc1ccccc1. The lowest BCUT2D eigenvalue weighted by Crippen LogP contribution is -2.50. The van der Waals surface area contributed by atoms with Gasteiger partial charge in [-0.1, -0.05) is 81.3 Å². The van der Waals surface area contributed by atoms with E-state index in [9.17, 15) is 14.7 Å². The number of esters is 2. The summed E-state index contributed by atoms with van der Waals surface area (Å²) in [5.41, 5.74) is 3.34. The first-order valence-electron chi connectivity index (χ1n) is 13.6. The van der Waals surface area contributed by atoms with Crippen LogP contribution in [0.15, 0.2) is 54.6 Å². The molecule has 2 aromatic carbocycles. The zero-order chi connectivity index (χ0) is 26.5. The fraction of sp³-hybridized carbons (Fsp3) is 0.533. The number of hydrogen-bond donors (Lipinski definition) is 2. The average molecular weight is 511 g/mol. The van der Waals surface area contributed by atoms with Crippen molar-refractivity contribution in [3.8, 4) is 0 Å². The van der Waals surface area contributed by atoms with Crippen LogP contribution in [0.2, 0.25) is 0 Å². The number of carbonyl (C=O) groups is 2. The number of carbonyl (C=O) groups excluding carboxylic acids is 2. The smallest absolute Gasteiger partial charge is 0.320 e. The summed E-state index contributed by atoms with van der Waals surface area (Å²) in [6.45, 7) is 5.31. The summed E-state index contributed by atoms with van der Waals surface area (Å²) < 4.78 is 10.9. The molecule has 0 radical (unpaired) electrons. The molecule has 0 aliphatic heterocycles. The summed E-state index contributed by atoms with van der Waals surface area (Å²) >= 11 is 0. The van der Waals surface area contributed by atoms with E-state index in [4.69, 9.17) is 9.47 Å². The Balaban J connectivity index is 1.78. The fourth-order valence-corrected chi connectivity index (χ4v) is 4.70. The number of aliphatic hydroxyl groups is 1. The predicted octanol–water partition coefficient (Wildman–Crippen LogP) is 3.83. The zero-order valence-electron chi connectivity index (χ0n) is 22.2. The second kappa shape index (κ2) is 15.5. The first kappa shape index (κ1) is 28.8. The van der Waals surface area contributed by atoms with Gasteiger partial charge in [-0.2, -0.15) is 0 Å². The molecule has 0 spiro atoms. The summed E-state index contributed by atoms with van der Waals surface area (Å²) in [5, 5.41) is 14.3. The van der Waals surface area contributed by atoms with Crippen molar-refractivity contribution in [2.24, 2.45) is 0 Å². The molecule has 0 saturated heterocycles. The molecule has 7 nitrogen and oxygen atoms in total. The summed E-state index contributed by atoms with van der Waals surface area (Å²) in [4.78, 5) is 27.3. The predicted molar refractivity (Wildman–Crippen MR) is 144 cm³/mol. The summed E-state index contributed by atoms with van der Waals surface area (Å²) in [6.07, 6.45) is 4.19. The molecule has 3 rings (SSSR count). The van der Waals surface area contributed by atoms with Crippen LogP contribution >= 0.6 is 0 Å². The first-order chi connectivity index (χ1) is 18.0. The Hall–Kier alpha value is -2.74. The van der Waals surface area contributed by atoms with Gasteiger partial charge >= 0.3 is 11.9 Å². The molecular formula is C30H42N2O5. The average Bonchev–Trinajstić information content (AvgIpc) is 3.22. The molecule has 0 heterocycles. The van der Waals surface area contributed by atoms with Gasteiger partial charge in [-0.25, -0.2) is 0 Å². The molecule has 0 fully saturated rings. The highest BCUT2D eigenvalue weighted by molar-refractivity contribution is 5.75. The lowest BCUT2D eigenvalue weighted by Gasteiger charge is -2.32. The van der Waals surface area contributed by atoms with E-state index in [1.54, 1.807) is 0 Å². The molecule has 0 unspecified atom stereocenters. The minimum atomic E-state index is -0.527. The Kier molecular flexibility index (Phi) is 12.1. The van der Waals surface area contributed by atoms with Crippen LogP contribution in [0.5, 0.6) is 0 Å². The van der Waals surface area contributed by atoms with Crippen LogP contribution in [-0.4, -0.2) is 66.9 Å². The van der Waals surface area contributed by atoms with Crippen molar-refractivity contribution >= 4 is 11.9 Å². The summed E-state index contributed by atoms with van der Waals surface area (Å²) in [5.74, 6) is -0.696.